The van der Waals surface area contributed by atoms with E-state index in [1.54, 1.807) is 0 Å². The van der Waals surface area contributed by atoms with Gasteiger partial charge in [0.15, 0.2) is 0 Å². The Balaban J connectivity index is 1.93. The molecular formula is C17H20F3NO3. The number of amides is 1. The van der Waals surface area contributed by atoms with Crippen molar-refractivity contribution in [3.63, 3.8) is 0 Å². The molecule has 132 valence electrons. The summed E-state index contributed by atoms with van der Waals surface area (Å²) in [7, 11) is 0. The SMILES string of the molecule is C[C@@H]1CCO[C@@H]1C(=O)N1C[C@H](O)C[C@@H]1c1ccccc1C(F)(F)F. The maximum Gasteiger partial charge on any atom is 0.416 e. The number of halogens is 3. The molecule has 0 bridgehead atoms. The summed E-state index contributed by atoms with van der Waals surface area (Å²) < 4.78 is 45.4. The molecule has 0 unspecified atom stereocenters. The monoisotopic (exact) mass is 343 g/mol. The van der Waals surface area contributed by atoms with Gasteiger partial charge in [-0.15, -0.1) is 0 Å². The zero-order valence-corrected chi connectivity index (χ0v) is 13.3. The second kappa shape index (κ2) is 6.37. The number of carbonyl (C=O) groups excluding carboxylic acids is 1. The normalized spacial score (nSPS) is 30.8. The Labute approximate surface area is 138 Å². The average Bonchev–Trinajstić information content (AvgIpc) is 3.11. The highest BCUT2D eigenvalue weighted by molar-refractivity contribution is 5.82. The van der Waals surface area contributed by atoms with Crippen LogP contribution in [0.3, 0.4) is 0 Å². The number of carbonyl (C=O) groups is 1. The van der Waals surface area contributed by atoms with Gasteiger partial charge in [0.25, 0.3) is 5.91 Å². The lowest BCUT2D eigenvalue weighted by Crippen LogP contribution is -2.41. The van der Waals surface area contributed by atoms with E-state index in [9.17, 15) is 23.1 Å². The fraction of sp³-hybridized carbons (Fsp3) is 0.588. The summed E-state index contributed by atoms with van der Waals surface area (Å²) in [5.74, 6) is -0.313. The number of β-amino-alcohol motifs (C(OH)–C–C–N with tert-alkyl or cyclic N) is 1. The molecule has 0 aromatic heterocycles. The lowest BCUT2D eigenvalue weighted by Gasteiger charge is -2.29. The second-order valence-electron chi connectivity index (χ2n) is 6.54. The third kappa shape index (κ3) is 3.15. The van der Waals surface area contributed by atoms with Gasteiger partial charge in [0.05, 0.1) is 17.7 Å². The number of rotatable bonds is 2. The fourth-order valence-corrected chi connectivity index (χ4v) is 3.57. The molecule has 0 radical (unpaired) electrons. The highest BCUT2D eigenvalue weighted by atomic mass is 19.4. The summed E-state index contributed by atoms with van der Waals surface area (Å²) >= 11 is 0. The number of likely N-dealkylation sites (tertiary alicyclic amines) is 1. The standard InChI is InChI=1S/C17H20F3NO3/c1-10-6-7-24-15(10)16(23)21-9-11(22)8-14(21)12-4-2-3-5-13(12)17(18,19)20/h2-5,10-11,14-15,22H,6-9H2,1H3/t10-,11-,14-,15+/m1/s1. The molecule has 1 aromatic carbocycles. The van der Waals surface area contributed by atoms with E-state index in [4.69, 9.17) is 4.74 Å². The van der Waals surface area contributed by atoms with Crippen molar-refractivity contribution >= 4 is 5.91 Å². The molecule has 1 amide bonds. The van der Waals surface area contributed by atoms with Gasteiger partial charge in [-0.2, -0.15) is 13.2 Å². The predicted molar refractivity (Wildman–Crippen MR) is 80.0 cm³/mol. The van der Waals surface area contributed by atoms with Crippen molar-refractivity contribution in [2.45, 2.75) is 44.2 Å². The Kier molecular flexibility index (Phi) is 4.57. The average molecular weight is 343 g/mol. The Hall–Kier alpha value is -1.60. The first kappa shape index (κ1) is 17.2. The summed E-state index contributed by atoms with van der Waals surface area (Å²) in [4.78, 5) is 14.1. The number of nitrogens with zero attached hydrogens (tertiary/aromatic N) is 1. The maximum atomic E-state index is 13.3. The molecule has 7 heteroatoms. The molecule has 3 rings (SSSR count). The topological polar surface area (TPSA) is 49.8 Å². The minimum absolute atomic E-state index is 0.0220. The summed E-state index contributed by atoms with van der Waals surface area (Å²) in [5, 5.41) is 9.97. The van der Waals surface area contributed by atoms with Crippen LogP contribution in [0.5, 0.6) is 0 Å². The molecule has 1 aromatic rings. The number of benzene rings is 1. The van der Waals surface area contributed by atoms with Crippen molar-refractivity contribution in [2.24, 2.45) is 5.92 Å². The van der Waals surface area contributed by atoms with Crippen LogP contribution in [-0.2, 0) is 15.7 Å². The van der Waals surface area contributed by atoms with Crippen molar-refractivity contribution in [1.29, 1.82) is 0 Å². The molecular weight excluding hydrogens is 323 g/mol. The molecule has 2 saturated heterocycles. The van der Waals surface area contributed by atoms with Crippen LogP contribution in [0.1, 0.15) is 36.9 Å². The zero-order chi connectivity index (χ0) is 17.5. The molecule has 0 aliphatic carbocycles. The molecule has 1 N–H and O–H groups in total. The Morgan fingerprint density at radius 2 is 2.04 bits per heavy atom. The van der Waals surface area contributed by atoms with E-state index in [1.165, 1.54) is 23.1 Å². The third-order valence-electron chi connectivity index (χ3n) is 4.82. The lowest BCUT2D eigenvalue weighted by molar-refractivity contribution is -0.145. The van der Waals surface area contributed by atoms with E-state index in [1.807, 2.05) is 6.92 Å². The molecule has 2 heterocycles. The van der Waals surface area contributed by atoms with E-state index in [2.05, 4.69) is 0 Å². The largest absolute Gasteiger partial charge is 0.416 e. The molecule has 4 atom stereocenters. The number of aliphatic hydroxyl groups is 1. The second-order valence-corrected chi connectivity index (χ2v) is 6.54. The van der Waals surface area contributed by atoms with E-state index in [0.717, 1.165) is 12.5 Å². The molecule has 0 spiro atoms. The minimum Gasteiger partial charge on any atom is -0.391 e. The van der Waals surface area contributed by atoms with Crippen LogP contribution in [0.2, 0.25) is 0 Å². The van der Waals surface area contributed by atoms with Crippen molar-refractivity contribution < 1.29 is 27.8 Å². The number of hydrogen-bond acceptors (Lipinski definition) is 3. The van der Waals surface area contributed by atoms with Crippen molar-refractivity contribution in [1.82, 2.24) is 4.90 Å². The number of alkyl halides is 3. The van der Waals surface area contributed by atoms with E-state index in [0.29, 0.717) is 6.61 Å². The quantitative estimate of drug-likeness (QED) is 0.898. The molecule has 2 fully saturated rings. The summed E-state index contributed by atoms with van der Waals surface area (Å²) in [6.07, 6.45) is -5.14. The van der Waals surface area contributed by atoms with Gasteiger partial charge in [-0.05, 0) is 30.4 Å². The predicted octanol–water partition coefficient (Wildman–Crippen LogP) is 2.76. The number of aliphatic hydroxyl groups excluding tert-OH is 1. The van der Waals surface area contributed by atoms with Crippen LogP contribution in [0.15, 0.2) is 24.3 Å². The smallest absolute Gasteiger partial charge is 0.391 e. The van der Waals surface area contributed by atoms with Crippen LogP contribution in [0.4, 0.5) is 13.2 Å². The first-order valence-corrected chi connectivity index (χ1v) is 8.05. The Morgan fingerprint density at radius 3 is 2.67 bits per heavy atom. The van der Waals surface area contributed by atoms with Crippen LogP contribution >= 0.6 is 0 Å². The van der Waals surface area contributed by atoms with Gasteiger partial charge < -0.3 is 14.7 Å². The summed E-state index contributed by atoms with van der Waals surface area (Å²) in [5.41, 5.74) is -0.733. The van der Waals surface area contributed by atoms with Gasteiger partial charge in [0.2, 0.25) is 0 Å². The zero-order valence-electron chi connectivity index (χ0n) is 13.3. The molecule has 24 heavy (non-hydrogen) atoms. The van der Waals surface area contributed by atoms with Crippen LogP contribution in [-0.4, -0.2) is 41.3 Å². The van der Waals surface area contributed by atoms with Gasteiger partial charge in [-0.1, -0.05) is 25.1 Å². The summed E-state index contributed by atoms with van der Waals surface area (Å²) in [6, 6.07) is 4.45. The van der Waals surface area contributed by atoms with E-state index < -0.39 is 30.0 Å². The molecule has 2 aliphatic heterocycles. The van der Waals surface area contributed by atoms with Gasteiger partial charge >= 0.3 is 6.18 Å². The number of hydrogen-bond donors (Lipinski definition) is 1. The third-order valence-corrected chi connectivity index (χ3v) is 4.82. The van der Waals surface area contributed by atoms with Crippen molar-refractivity contribution in [2.75, 3.05) is 13.2 Å². The first-order chi connectivity index (χ1) is 11.3. The van der Waals surface area contributed by atoms with Gasteiger partial charge in [-0.25, -0.2) is 0 Å². The van der Waals surface area contributed by atoms with Crippen LogP contribution < -0.4 is 0 Å². The highest BCUT2D eigenvalue weighted by Gasteiger charge is 2.44. The fourth-order valence-electron chi connectivity index (χ4n) is 3.57. The highest BCUT2D eigenvalue weighted by Crippen LogP contribution is 2.41. The Bertz CT molecular complexity index is 619. The van der Waals surface area contributed by atoms with Gasteiger partial charge in [0.1, 0.15) is 6.10 Å². The lowest BCUT2D eigenvalue weighted by atomic mass is 9.96. The first-order valence-electron chi connectivity index (χ1n) is 8.05. The maximum absolute atomic E-state index is 13.3. The van der Waals surface area contributed by atoms with E-state index in [-0.39, 0.29) is 30.4 Å². The van der Waals surface area contributed by atoms with E-state index >= 15 is 0 Å². The molecule has 0 saturated carbocycles. The van der Waals surface area contributed by atoms with Crippen LogP contribution in [0, 0.1) is 5.92 Å². The molecule has 2 aliphatic rings. The van der Waals surface area contributed by atoms with Crippen molar-refractivity contribution in [3.05, 3.63) is 35.4 Å². The minimum atomic E-state index is -4.50. The van der Waals surface area contributed by atoms with Gasteiger partial charge in [-0.3, -0.25) is 4.79 Å². The summed E-state index contributed by atoms with van der Waals surface area (Å²) in [6.45, 7) is 2.39. The van der Waals surface area contributed by atoms with Gasteiger partial charge in [0, 0.05) is 13.2 Å². The van der Waals surface area contributed by atoms with Crippen molar-refractivity contribution in [3.8, 4) is 0 Å². The molecule has 4 nitrogen and oxygen atoms in total. The Morgan fingerprint density at radius 1 is 1.33 bits per heavy atom. The number of ether oxygens (including phenoxy) is 1. The van der Waals surface area contributed by atoms with Crippen LogP contribution in [0.25, 0.3) is 0 Å².